The highest BCUT2D eigenvalue weighted by Gasteiger charge is 2.68. The Labute approximate surface area is 146 Å². The predicted molar refractivity (Wildman–Crippen MR) is 84.2 cm³/mol. The van der Waals surface area contributed by atoms with Gasteiger partial charge in [0.25, 0.3) is 17.3 Å². The van der Waals surface area contributed by atoms with Gasteiger partial charge in [-0.1, -0.05) is 13.0 Å². The van der Waals surface area contributed by atoms with E-state index in [1.54, 1.807) is 6.92 Å². The first kappa shape index (κ1) is 18.3. The monoisotopic (exact) mass is 371 g/mol. The van der Waals surface area contributed by atoms with Crippen molar-refractivity contribution in [2.45, 2.75) is 38.1 Å². The number of rotatable bonds is 2. The van der Waals surface area contributed by atoms with Crippen molar-refractivity contribution in [1.82, 2.24) is 5.01 Å². The second-order valence-corrected chi connectivity index (χ2v) is 6.67. The number of halogens is 3. The van der Waals surface area contributed by atoms with Gasteiger partial charge in [0, 0.05) is 23.4 Å². The number of nitro benzene ring substituents is 1. The quantitative estimate of drug-likeness (QED) is 0.638. The van der Waals surface area contributed by atoms with E-state index in [1.807, 2.05) is 0 Å². The minimum absolute atomic E-state index is 0.0457. The zero-order valence-electron chi connectivity index (χ0n) is 13.7. The summed E-state index contributed by atoms with van der Waals surface area (Å²) in [5, 5.41) is 25.2. The molecule has 10 heteroatoms. The Morgan fingerprint density at radius 2 is 2.15 bits per heavy atom. The smallest absolute Gasteiger partial charge is 0.362 e. The van der Waals surface area contributed by atoms with Crippen molar-refractivity contribution in [2.75, 3.05) is 0 Å². The summed E-state index contributed by atoms with van der Waals surface area (Å²) in [6.07, 6.45) is -4.21. The van der Waals surface area contributed by atoms with Crippen LogP contribution in [-0.4, -0.2) is 38.6 Å². The zero-order chi connectivity index (χ0) is 19.3. The maximum atomic E-state index is 13.8. The molecule has 0 aromatic heterocycles. The van der Waals surface area contributed by atoms with Crippen LogP contribution in [0.2, 0.25) is 0 Å². The molecule has 3 atom stereocenters. The molecule has 0 saturated heterocycles. The molecule has 1 fully saturated rings. The molecule has 1 aromatic rings. The van der Waals surface area contributed by atoms with E-state index in [0.29, 0.717) is 6.42 Å². The number of aliphatic hydroxyl groups is 1. The van der Waals surface area contributed by atoms with Gasteiger partial charge in [-0.15, -0.1) is 0 Å². The molecule has 140 valence electrons. The number of alkyl halides is 3. The first-order valence-corrected chi connectivity index (χ1v) is 8.01. The van der Waals surface area contributed by atoms with Gasteiger partial charge in [-0.3, -0.25) is 14.9 Å². The van der Waals surface area contributed by atoms with Crippen LogP contribution in [0.1, 0.15) is 36.5 Å². The van der Waals surface area contributed by atoms with Crippen molar-refractivity contribution in [3.63, 3.8) is 0 Å². The number of non-ortho nitro benzene ring substituents is 1. The van der Waals surface area contributed by atoms with Gasteiger partial charge in [0.05, 0.1) is 10.8 Å². The number of amides is 1. The van der Waals surface area contributed by atoms with Gasteiger partial charge in [0.2, 0.25) is 0 Å². The molecule has 1 aromatic carbocycles. The zero-order valence-corrected chi connectivity index (χ0v) is 13.7. The lowest BCUT2D eigenvalue weighted by Gasteiger charge is -2.39. The van der Waals surface area contributed by atoms with Gasteiger partial charge in [-0.25, -0.2) is 0 Å². The van der Waals surface area contributed by atoms with Crippen LogP contribution in [0.15, 0.2) is 29.4 Å². The standard InChI is InChI=1S/C16H16F3N3O4/c1-9-5-6-13-12(7-9)15(24,16(17,18)19)21(20-13)14(23)10-3-2-4-11(8-10)22(25)26/h2-4,8-9,12,24H,5-7H2,1H3/t9-,12+,15+/m1/s1. The van der Waals surface area contributed by atoms with Crippen LogP contribution in [0.3, 0.4) is 0 Å². The van der Waals surface area contributed by atoms with Gasteiger partial charge < -0.3 is 5.11 Å². The molecular weight excluding hydrogens is 355 g/mol. The first-order valence-electron chi connectivity index (χ1n) is 8.01. The minimum atomic E-state index is -5.13. The van der Waals surface area contributed by atoms with Gasteiger partial charge in [-0.05, 0) is 31.2 Å². The predicted octanol–water partition coefficient (Wildman–Crippen LogP) is 3.09. The van der Waals surface area contributed by atoms with E-state index in [9.17, 15) is 33.2 Å². The molecule has 2 aliphatic rings. The molecule has 0 unspecified atom stereocenters. The van der Waals surface area contributed by atoms with Crippen molar-refractivity contribution < 1.29 is 28.0 Å². The van der Waals surface area contributed by atoms with Crippen LogP contribution in [0.4, 0.5) is 18.9 Å². The van der Waals surface area contributed by atoms with Gasteiger partial charge in [-0.2, -0.15) is 23.3 Å². The summed E-state index contributed by atoms with van der Waals surface area (Å²) < 4.78 is 41.3. The lowest BCUT2D eigenvalue weighted by molar-refractivity contribution is -0.384. The Hall–Kier alpha value is -2.49. The van der Waals surface area contributed by atoms with E-state index >= 15 is 0 Å². The summed E-state index contributed by atoms with van der Waals surface area (Å²) >= 11 is 0. The molecular formula is C16H16F3N3O4. The Balaban J connectivity index is 2.04. The van der Waals surface area contributed by atoms with Crippen LogP contribution >= 0.6 is 0 Å². The first-order chi connectivity index (χ1) is 12.1. The second-order valence-electron chi connectivity index (χ2n) is 6.67. The lowest BCUT2D eigenvalue weighted by Crippen LogP contribution is -2.61. The Bertz CT molecular complexity index is 795. The number of hydrogen-bond donors (Lipinski definition) is 1. The SMILES string of the molecule is C[C@@H]1CCC2=NN(C(=O)c3cccc([N+](=O)[O-])c3)[C@@](O)(C(F)(F)F)[C@H]2C1. The van der Waals surface area contributed by atoms with E-state index in [4.69, 9.17) is 0 Å². The number of benzene rings is 1. The Morgan fingerprint density at radius 1 is 1.46 bits per heavy atom. The normalized spacial score (nSPS) is 28.5. The molecule has 1 heterocycles. The van der Waals surface area contributed by atoms with E-state index in [0.717, 1.165) is 18.2 Å². The average molecular weight is 371 g/mol. The molecule has 26 heavy (non-hydrogen) atoms. The highest BCUT2D eigenvalue weighted by molar-refractivity contribution is 5.99. The third kappa shape index (κ3) is 2.74. The van der Waals surface area contributed by atoms with Crippen molar-refractivity contribution in [3.05, 3.63) is 39.9 Å². The summed E-state index contributed by atoms with van der Waals surface area (Å²) in [5.74, 6) is -2.63. The van der Waals surface area contributed by atoms with Crippen molar-refractivity contribution in [1.29, 1.82) is 0 Å². The Morgan fingerprint density at radius 3 is 2.77 bits per heavy atom. The van der Waals surface area contributed by atoms with Gasteiger partial charge in [0.1, 0.15) is 0 Å². The number of nitrogens with zero attached hydrogens (tertiary/aromatic N) is 3. The second kappa shape index (κ2) is 6.04. The fourth-order valence-electron chi connectivity index (χ4n) is 3.49. The third-order valence-corrected chi connectivity index (χ3v) is 4.88. The van der Waals surface area contributed by atoms with Crippen LogP contribution in [0.5, 0.6) is 0 Å². The van der Waals surface area contributed by atoms with Crippen molar-refractivity contribution >= 4 is 17.3 Å². The number of fused-ring (bicyclic) bond motifs is 1. The molecule has 3 rings (SSSR count). The molecule has 1 aliphatic heterocycles. The lowest BCUT2D eigenvalue weighted by atomic mass is 9.76. The van der Waals surface area contributed by atoms with Crippen LogP contribution < -0.4 is 0 Å². The summed E-state index contributed by atoms with van der Waals surface area (Å²) in [4.78, 5) is 22.7. The molecule has 7 nitrogen and oxygen atoms in total. The number of carbonyl (C=O) groups is 1. The van der Waals surface area contributed by atoms with E-state index < -0.39 is 34.3 Å². The number of nitro groups is 1. The van der Waals surface area contributed by atoms with E-state index in [2.05, 4.69) is 5.10 Å². The maximum absolute atomic E-state index is 13.8. The maximum Gasteiger partial charge on any atom is 0.439 e. The average Bonchev–Trinajstić information content (AvgIpc) is 2.88. The van der Waals surface area contributed by atoms with E-state index in [1.165, 1.54) is 6.07 Å². The third-order valence-electron chi connectivity index (χ3n) is 4.88. The molecule has 1 amide bonds. The topological polar surface area (TPSA) is 96.0 Å². The Kier molecular flexibility index (Phi) is 4.26. The molecule has 0 spiro atoms. The molecule has 1 N–H and O–H groups in total. The van der Waals surface area contributed by atoms with Gasteiger partial charge in [0.15, 0.2) is 0 Å². The number of carbonyl (C=O) groups excluding carboxylic acids is 1. The highest BCUT2D eigenvalue weighted by atomic mass is 19.4. The van der Waals surface area contributed by atoms with Crippen LogP contribution in [0, 0.1) is 22.0 Å². The van der Waals surface area contributed by atoms with Crippen molar-refractivity contribution in [3.8, 4) is 0 Å². The molecule has 1 aliphatic carbocycles. The van der Waals surface area contributed by atoms with Crippen molar-refractivity contribution in [2.24, 2.45) is 16.9 Å². The largest absolute Gasteiger partial charge is 0.439 e. The fourth-order valence-corrected chi connectivity index (χ4v) is 3.49. The van der Waals surface area contributed by atoms with Crippen LogP contribution in [-0.2, 0) is 0 Å². The minimum Gasteiger partial charge on any atom is -0.362 e. The molecule has 1 saturated carbocycles. The molecule has 0 radical (unpaired) electrons. The van der Waals surface area contributed by atoms with Crippen LogP contribution in [0.25, 0.3) is 0 Å². The fraction of sp³-hybridized carbons (Fsp3) is 0.500. The number of hydrogen-bond acceptors (Lipinski definition) is 5. The highest BCUT2D eigenvalue weighted by Crippen LogP contribution is 2.49. The number of hydrazone groups is 1. The van der Waals surface area contributed by atoms with E-state index in [-0.39, 0.29) is 35.0 Å². The molecule has 0 bridgehead atoms. The van der Waals surface area contributed by atoms with Gasteiger partial charge >= 0.3 is 6.18 Å². The summed E-state index contributed by atoms with van der Waals surface area (Å²) in [6, 6.07) is 4.32. The summed E-state index contributed by atoms with van der Waals surface area (Å²) in [7, 11) is 0. The summed E-state index contributed by atoms with van der Waals surface area (Å²) in [6.45, 7) is 1.78. The summed E-state index contributed by atoms with van der Waals surface area (Å²) in [5.41, 5.74) is -4.12.